The van der Waals surface area contributed by atoms with Gasteiger partial charge in [-0.1, -0.05) is 24.3 Å². The lowest BCUT2D eigenvalue weighted by Crippen LogP contribution is -2.08. The van der Waals surface area contributed by atoms with E-state index in [1.165, 1.54) is 29.6 Å². The van der Waals surface area contributed by atoms with Crippen LogP contribution in [0.4, 0.5) is 15.9 Å². The third kappa shape index (κ3) is 2.61. The van der Waals surface area contributed by atoms with Crippen molar-refractivity contribution in [3.8, 4) is 16.9 Å². The predicted molar refractivity (Wildman–Crippen MR) is 108 cm³/mol. The summed E-state index contributed by atoms with van der Waals surface area (Å²) in [5.41, 5.74) is 10.4. The van der Waals surface area contributed by atoms with Gasteiger partial charge in [0.15, 0.2) is 5.82 Å². The van der Waals surface area contributed by atoms with Gasteiger partial charge < -0.3 is 15.4 Å². The Morgan fingerprint density at radius 1 is 1.17 bits per heavy atom. The van der Waals surface area contributed by atoms with Gasteiger partial charge in [0.25, 0.3) is 0 Å². The summed E-state index contributed by atoms with van der Waals surface area (Å²) in [6.45, 7) is 7.18. The Bertz CT molecular complexity index is 1300. The number of nitrogens with zero attached hydrogens (tertiary/aromatic N) is 4. The van der Waals surface area contributed by atoms with Gasteiger partial charge in [-0.3, -0.25) is 0 Å². The van der Waals surface area contributed by atoms with Gasteiger partial charge in [0.1, 0.15) is 23.5 Å². The van der Waals surface area contributed by atoms with Crippen LogP contribution in [0.1, 0.15) is 17.2 Å². The topological polar surface area (TPSA) is 81.3 Å². The zero-order valence-electron chi connectivity index (χ0n) is 15.3. The van der Waals surface area contributed by atoms with Crippen LogP contribution in [0.5, 0.6) is 5.75 Å². The second-order valence-electron chi connectivity index (χ2n) is 7.18. The van der Waals surface area contributed by atoms with E-state index in [4.69, 9.17) is 12.3 Å². The van der Waals surface area contributed by atoms with E-state index in [1.54, 1.807) is 0 Å². The Morgan fingerprint density at radius 2 is 1.90 bits per heavy atom. The van der Waals surface area contributed by atoms with Crippen LogP contribution in [0.15, 0.2) is 48.9 Å². The smallest absolute Gasteiger partial charge is 0.226 e. The molecule has 0 spiro atoms. The number of aromatic nitrogens is 3. The zero-order chi connectivity index (χ0) is 20.1. The number of halogens is 1. The van der Waals surface area contributed by atoms with E-state index in [2.05, 4.69) is 31.5 Å². The molecule has 0 unspecified atom stereocenters. The van der Waals surface area contributed by atoms with Crippen molar-refractivity contribution in [2.45, 2.75) is 18.9 Å². The molecule has 0 amide bonds. The summed E-state index contributed by atoms with van der Waals surface area (Å²) in [6.07, 6.45) is 5.07. The van der Waals surface area contributed by atoms with E-state index in [1.807, 2.05) is 18.3 Å². The van der Waals surface area contributed by atoms with Crippen molar-refractivity contribution < 1.29 is 9.50 Å². The lowest BCUT2D eigenvalue weighted by atomic mass is 10.0. The number of fused-ring (bicyclic) bond motifs is 2. The quantitative estimate of drug-likeness (QED) is 0.501. The molecule has 1 aliphatic rings. The summed E-state index contributed by atoms with van der Waals surface area (Å²) in [5, 5.41) is 10.6. The molecule has 0 saturated carbocycles. The number of phenolic OH excluding ortho intramolecular Hbond substituents is 1. The van der Waals surface area contributed by atoms with Crippen molar-refractivity contribution in [2.24, 2.45) is 0 Å². The van der Waals surface area contributed by atoms with Gasteiger partial charge in [-0.25, -0.2) is 19.2 Å². The summed E-state index contributed by atoms with van der Waals surface area (Å²) in [5.74, 6) is -1.20. The molecule has 7 heteroatoms. The van der Waals surface area contributed by atoms with Gasteiger partial charge in [-0.15, -0.1) is 0 Å². The summed E-state index contributed by atoms with van der Waals surface area (Å²) in [6, 6.07) is 11.2. The minimum atomic E-state index is -0.928. The molecule has 0 fully saturated rings. The number of phenols is 1. The second-order valence-corrected chi connectivity index (χ2v) is 7.18. The molecule has 5 rings (SSSR count). The molecule has 1 aliphatic carbocycles. The fourth-order valence-corrected chi connectivity index (χ4v) is 4.17. The molecule has 4 aromatic rings. The van der Waals surface area contributed by atoms with Crippen molar-refractivity contribution >= 4 is 22.5 Å². The maximum Gasteiger partial charge on any atom is 0.226 e. The number of anilines is 1. The number of hydrogen-bond donors (Lipinski definition) is 2. The fourth-order valence-electron chi connectivity index (χ4n) is 4.17. The number of nitrogen functional groups attached to an aromatic ring is 1. The number of rotatable bonds is 2. The molecular formula is C22H16FN5O. The summed E-state index contributed by atoms with van der Waals surface area (Å²) in [7, 11) is 0. The van der Waals surface area contributed by atoms with Crippen LogP contribution in [0, 0.1) is 12.4 Å². The van der Waals surface area contributed by atoms with E-state index < -0.39 is 11.6 Å². The minimum Gasteiger partial charge on any atom is -0.506 e. The van der Waals surface area contributed by atoms with E-state index in [0.717, 1.165) is 12.8 Å². The largest absolute Gasteiger partial charge is 0.506 e. The van der Waals surface area contributed by atoms with Crippen molar-refractivity contribution in [1.82, 2.24) is 14.5 Å². The van der Waals surface area contributed by atoms with E-state index in [0.29, 0.717) is 28.0 Å². The fraction of sp³-hybridized carbons (Fsp3) is 0.136. The van der Waals surface area contributed by atoms with Gasteiger partial charge in [0, 0.05) is 17.8 Å². The first-order chi connectivity index (χ1) is 14.1. The first-order valence-corrected chi connectivity index (χ1v) is 9.15. The van der Waals surface area contributed by atoms with E-state index >= 15 is 0 Å². The molecule has 0 bridgehead atoms. The van der Waals surface area contributed by atoms with Crippen LogP contribution in [0.25, 0.3) is 27.0 Å². The van der Waals surface area contributed by atoms with Crippen LogP contribution in [0.2, 0.25) is 0 Å². The lowest BCUT2D eigenvalue weighted by Gasteiger charge is -2.12. The average molecular weight is 385 g/mol. The van der Waals surface area contributed by atoms with Gasteiger partial charge >= 0.3 is 0 Å². The molecule has 142 valence electrons. The normalized spacial score (nSPS) is 13.5. The van der Waals surface area contributed by atoms with Crippen LogP contribution >= 0.6 is 0 Å². The highest BCUT2D eigenvalue weighted by Crippen LogP contribution is 2.41. The summed E-state index contributed by atoms with van der Waals surface area (Å²) >= 11 is 0. The standard InChI is InChI=1S/C22H16FN5O/c1-25-17-8-14(9-18(29)20(17)23)16-10-28(22-19(16)21(24)26-11-27-22)15-6-12-4-2-3-5-13(12)7-15/h2-5,8-11,15,29H,6-7H2,(H2,24,26,27). The van der Waals surface area contributed by atoms with E-state index in [-0.39, 0.29) is 11.7 Å². The van der Waals surface area contributed by atoms with Gasteiger partial charge in [0.2, 0.25) is 5.69 Å². The molecule has 29 heavy (non-hydrogen) atoms. The maximum atomic E-state index is 14.0. The highest BCUT2D eigenvalue weighted by atomic mass is 19.1. The van der Waals surface area contributed by atoms with Crippen LogP contribution < -0.4 is 5.73 Å². The molecule has 2 aromatic heterocycles. The molecule has 0 radical (unpaired) electrons. The first-order valence-electron chi connectivity index (χ1n) is 9.15. The molecule has 6 nitrogen and oxygen atoms in total. The predicted octanol–water partition coefficient (Wildman–Crippen LogP) is 4.42. The number of benzene rings is 2. The molecule has 0 saturated heterocycles. The van der Waals surface area contributed by atoms with E-state index in [9.17, 15) is 9.50 Å². The Balaban J connectivity index is 1.71. The van der Waals surface area contributed by atoms with Crippen LogP contribution in [-0.4, -0.2) is 19.6 Å². The third-order valence-corrected chi connectivity index (χ3v) is 5.53. The molecule has 2 heterocycles. The van der Waals surface area contributed by atoms with Crippen LogP contribution in [0.3, 0.4) is 0 Å². The van der Waals surface area contributed by atoms with Crippen molar-refractivity contribution in [3.63, 3.8) is 0 Å². The van der Waals surface area contributed by atoms with Gasteiger partial charge in [0.05, 0.1) is 12.0 Å². The SMILES string of the molecule is [C-]#[N+]c1cc(-c2cn(C3Cc4ccccc4C3)c3ncnc(N)c23)cc(O)c1F. The Labute approximate surface area is 165 Å². The summed E-state index contributed by atoms with van der Waals surface area (Å²) in [4.78, 5) is 11.7. The van der Waals surface area contributed by atoms with Crippen molar-refractivity contribution in [3.05, 3.63) is 77.3 Å². The van der Waals surface area contributed by atoms with Gasteiger partial charge in [-0.2, -0.15) is 0 Å². The average Bonchev–Trinajstić information content (AvgIpc) is 3.32. The monoisotopic (exact) mass is 385 g/mol. The van der Waals surface area contributed by atoms with Crippen molar-refractivity contribution in [2.75, 3.05) is 5.73 Å². The molecule has 0 atom stereocenters. The highest BCUT2D eigenvalue weighted by Gasteiger charge is 2.26. The van der Waals surface area contributed by atoms with Crippen LogP contribution in [-0.2, 0) is 12.8 Å². The first kappa shape index (κ1) is 17.2. The third-order valence-electron chi connectivity index (χ3n) is 5.53. The molecular weight excluding hydrogens is 369 g/mol. The summed E-state index contributed by atoms with van der Waals surface area (Å²) < 4.78 is 16.0. The molecule has 2 aromatic carbocycles. The second kappa shape index (κ2) is 6.31. The number of nitrogens with two attached hydrogens (primary N) is 1. The minimum absolute atomic E-state index is 0.160. The Hall–Kier alpha value is -3.92. The molecule has 3 N–H and O–H groups in total. The van der Waals surface area contributed by atoms with Gasteiger partial charge in [-0.05, 0) is 41.7 Å². The number of hydrogen-bond acceptors (Lipinski definition) is 4. The molecule has 0 aliphatic heterocycles. The zero-order valence-corrected chi connectivity index (χ0v) is 15.3. The highest BCUT2D eigenvalue weighted by molar-refractivity contribution is 6.01. The van der Waals surface area contributed by atoms with Crippen molar-refractivity contribution in [1.29, 1.82) is 0 Å². The Morgan fingerprint density at radius 3 is 2.59 bits per heavy atom. The lowest BCUT2D eigenvalue weighted by molar-refractivity contribution is 0.434. The maximum absolute atomic E-state index is 14.0. The number of aromatic hydroxyl groups is 1. The Kier molecular flexibility index (Phi) is 3.74.